The SMILES string of the molecule is CC(C)(C)OC(=O)N1CCN(c2ncc(C(O)c3ccc(-c4cc5c(N6CCOCC6)ncnc5n4COCC[Si](C)(C)C)cc3)cn2)CC1. The molecule has 2 fully saturated rings. The Hall–Kier alpha value is -4.11. The summed E-state index contributed by atoms with van der Waals surface area (Å²) in [4.78, 5) is 36.9. The first-order valence-electron chi connectivity index (χ1n) is 17.4. The number of amides is 1. The second-order valence-corrected chi connectivity index (χ2v) is 20.8. The van der Waals surface area contributed by atoms with Crippen LogP contribution in [0, 0.1) is 0 Å². The van der Waals surface area contributed by atoms with Crippen molar-refractivity contribution in [2.45, 2.75) is 64.9 Å². The number of carbonyl (C=O) groups is 1. The Morgan fingerprint density at radius 2 is 1.60 bits per heavy atom. The predicted octanol–water partition coefficient (Wildman–Crippen LogP) is 5.18. The third-order valence-corrected chi connectivity index (χ3v) is 10.6. The minimum absolute atomic E-state index is 0.304. The Balaban J connectivity index is 1.17. The lowest BCUT2D eigenvalue weighted by Crippen LogP contribution is -2.50. The number of ether oxygens (including phenoxy) is 3. The normalized spacial score (nSPS) is 16.6. The fourth-order valence-corrected chi connectivity index (χ4v) is 6.82. The summed E-state index contributed by atoms with van der Waals surface area (Å²) in [6, 6.07) is 11.1. The zero-order valence-electron chi connectivity index (χ0n) is 30.1. The van der Waals surface area contributed by atoms with Gasteiger partial charge in [0.05, 0.1) is 24.3 Å². The quantitative estimate of drug-likeness (QED) is 0.173. The summed E-state index contributed by atoms with van der Waals surface area (Å²) in [5, 5.41) is 12.3. The number of hydrogen-bond donors (Lipinski definition) is 1. The van der Waals surface area contributed by atoms with Crippen LogP contribution in [0.4, 0.5) is 16.6 Å². The highest BCUT2D eigenvalue weighted by Gasteiger charge is 2.27. The molecule has 50 heavy (non-hydrogen) atoms. The van der Waals surface area contributed by atoms with Crippen molar-refractivity contribution < 1.29 is 24.1 Å². The minimum Gasteiger partial charge on any atom is -0.444 e. The van der Waals surface area contributed by atoms with Crippen molar-refractivity contribution in [1.29, 1.82) is 0 Å². The lowest BCUT2D eigenvalue weighted by atomic mass is 10.0. The van der Waals surface area contributed by atoms with Crippen LogP contribution >= 0.6 is 0 Å². The van der Waals surface area contributed by atoms with E-state index in [0.29, 0.717) is 64.2 Å². The molecule has 5 heterocycles. The van der Waals surface area contributed by atoms with Crippen LogP contribution in [0.2, 0.25) is 25.7 Å². The van der Waals surface area contributed by atoms with Crippen LogP contribution < -0.4 is 9.80 Å². The molecular weight excluding hydrogens is 653 g/mol. The van der Waals surface area contributed by atoms with E-state index in [1.54, 1.807) is 23.6 Å². The number of aliphatic hydroxyl groups is 1. The van der Waals surface area contributed by atoms with Crippen LogP contribution in [-0.4, -0.2) is 113 Å². The maximum Gasteiger partial charge on any atom is 0.410 e. The molecule has 1 unspecified atom stereocenters. The summed E-state index contributed by atoms with van der Waals surface area (Å²) >= 11 is 0. The van der Waals surface area contributed by atoms with E-state index in [9.17, 15) is 9.90 Å². The molecule has 6 rings (SSSR count). The highest BCUT2D eigenvalue weighted by atomic mass is 28.3. The number of hydrogen-bond acceptors (Lipinski definition) is 11. The first-order chi connectivity index (χ1) is 23.9. The van der Waals surface area contributed by atoms with Gasteiger partial charge in [0.2, 0.25) is 5.95 Å². The van der Waals surface area contributed by atoms with E-state index in [0.717, 1.165) is 52.8 Å². The Labute approximate surface area is 295 Å². The molecule has 4 aromatic rings. The fourth-order valence-electron chi connectivity index (χ4n) is 6.06. The van der Waals surface area contributed by atoms with Crippen LogP contribution in [0.25, 0.3) is 22.3 Å². The molecule has 0 spiro atoms. The van der Waals surface area contributed by atoms with Gasteiger partial charge < -0.3 is 38.6 Å². The van der Waals surface area contributed by atoms with Crippen molar-refractivity contribution in [2.75, 3.05) is 68.9 Å². The topological polar surface area (TPSA) is 131 Å². The summed E-state index contributed by atoms with van der Waals surface area (Å²) in [5.41, 5.74) is 3.60. The smallest absolute Gasteiger partial charge is 0.410 e. The number of fused-ring (bicyclic) bond motifs is 1. The highest BCUT2D eigenvalue weighted by molar-refractivity contribution is 6.76. The van der Waals surface area contributed by atoms with Gasteiger partial charge in [-0.3, -0.25) is 0 Å². The van der Waals surface area contributed by atoms with Crippen molar-refractivity contribution >= 4 is 37.0 Å². The van der Waals surface area contributed by atoms with Gasteiger partial charge in [0.1, 0.15) is 36.2 Å². The molecule has 14 heteroatoms. The van der Waals surface area contributed by atoms with Gasteiger partial charge in [-0.05, 0) is 44.0 Å². The van der Waals surface area contributed by atoms with E-state index in [1.807, 2.05) is 49.9 Å². The Bertz CT molecular complexity index is 1740. The number of piperazine rings is 1. The molecule has 0 bridgehead atoms. The van der Waals surface area contributed by atoms with Crippen LogP contribution in [0.1, 0.15) is 38.0 Å². The van der Waals surface area contributed by atoms with Crippen LogP contribution in [0.15, 0.2) is 49.1 Å². The zero-order valence-corrected chi connectivity index (χ0v) is 31.1. The second kappa shape index (κ2) is 15.0. The predicted molar refractivity (Wildman–Crippen MR) is 196 cm³/mol. The van der Waals surface area contributed by atoms with Gasteiger partial charge in [-0.1, -0.05) is 43.9 Å². The van der Waals surface area contributed by atoms with Crippen molar-refractivity contribution in [1.82, 2.24) is 29.4 Å². The summed E-state index contributed by atoms with van der Waals surface area (Å²) in [7, 11) is -1.24. The van der Waals surface area contributed by atoms with Gasteiger partial charge in [0.25, 0.3) is 0 Å². The molecule has 1 atom stereocenters. The molecule has 0 aliphatic carbocycles. The molecule has 1 N–H and O–H groups in total. The second-order valence-electron chi connectivity index (χ2n) is 15.1. The number of anilines is 2. The van der Waals surface area contributed by atoms with Gasteiger partial charge in [-0.15, -0.1) is 0 Å². The Kier molecular flexibility index (Phi) is 10.7. The van der Waals surface area contributed by atoms with E-state index < -0.39 is 19.8 Å². The number of aromatic nitrogens is 5. The van der Waals surface area contributed by atoms with E-state index in [-0.39, 0.29) is 6.09 Å². The van der Waals surface area contributed by atoms with Crippen molar-refractivity contribution in [2.24, 2.45) is 0 Å². The number of rotatable bonds is 10. The third-order valence-electron chi connectivity index (χ3n) is 8.91. The summed E-state index contributed by atoms with van der Waals surface area (Å²) < 4.78 is 19.5. The number of aliphatic hydroxyl groups excluding tert-OH is 1. The van der Waals surface area contributed by atoms with Gasteiger partial charge in [-0.25, -0.2) is 24.7 Å². The van der Waals surface area contributed by atoms with Crippen molar-refractivity contribution in [3.05, 3.63) is 60.2 Å². The van der Waals surface area contributed by atoms with Gasteiger partial charge in [-0.2, -0.15) is 0 Å². The average Bonchev–Trinajstić information content (AvgIpc) is 3.48. The molecule has 2 aliphatic heterocycles. The molecule has 13 nitrogen and oxygen atoms in total. The molecule has 2 saturated heterocycles. The van der Waals surface area contributed by atoms with E-state index in [1.165, 1.54) is 0 Å². The molecule has 2 aliphatic rings. The van der Waals surface area contributed by atoms with Crippen LogP contribution in [-0.2, 0) is 20.9 Å². The first-order valence-corrected chi connectivity index (χ1v) is 21.1. The molecule has 0 saturated carbocycles. The first kappa shape index (κ1) is 35.7. The molecule has 1 amide bonds. The monoisotopic (exact) mass is 702 g/mol. The summed E-state index contributed by atoms with van der Waals surface area (Å²) in [6.07, 6.45) is 3.77. The van der Waals surface area contributed by atoms with E-state index in [4.69, 9.17) is 19.2 Å². The van der Waals surface area contributed by atoms with Gasteiger partial charge in [0, 0.05) is 71.9 Å². The maximum absolute atomic E-state index is 12.4. The van der Waals surface area contributed by atoms with E-state index in [2.05, 4.69) is 50.1 Å². The molecule has 3 aromatic heterocycles. The van der Waals surface area contributed by atoms with Crippen molar-refractivity contribution in [3.8, 4) is 11.3 Å². The Morgan fingerprint density at radius 3 is 2.24 bits per heavy atom. The lowest BCUT2D eigenvalue weighted by molar-refractivity contribution is 0.0240. The van der Waals surface area contributed by atoms with Crippen molar-refractivity contribution in [3.63, 3.8) is 0 Å². The highest BCUT2D eigenvalue weighted by Crippen LogP contribution is 2.33. The molecule has 268 valence electrons. The molecular formula is C36H50N8O5Si. The number of benzene rings is 1. The molecule has 1 aromatic carbocycles. The summed E-state index contributed by atoms with van der Waals surface area (Å²) in [6.45, 7) is 18.9. The fraction of sp³-hybridized carbons (Fsp3) is 0.528. The molecule has 0 radical (unpaired) electrons. The zero-order chi connectivity index (χ0) is 35.5. The largest absolute Gasteiger partial charge is 0.444 e. The number of morpholine rings is 1. The standard InChI is InChI=1S/C36H50N8O5Si/c1-36(2,3)49-35(46)43-13-11-42(12-14-43)34-37-22-28(23-38-34)31(45)27-9-7-26(8-10-27)30-21-29-32(41-15-17-47-18-16-41)39-24-40-33(29)44(30)25-48-19-20-50(4,5)6/h7-10,21-24,31,45H,11-20,25H2,1-6H3. The lowest BCUT2D eigenvalue weighted by Gasteiger charge is -2.35. The van der Waals surface area contributed by atoms with Crippen LogP contribution in [0.5, 0.6) is 0 Å². The summed E-state index contributed by atoms with van der Waals surface area (Å²) in [5.74, 6) is 1.47. The van der Waals surface area contributed by atoms with Crippen LogP contribution in [0.3, 0.4) is 0 Å². The van der Waals surface area contributed by atoms with E-state index >= 15 is 0 Å². The number of nitrogens with zero attached hydrogens (tertiary/aromatic N) is 8. The maximum atomic E-state index is 12.4. The van der Waals surface area contributed by atoms with Gasteiger partial charge in [0.15, 0.2) is 0 Å². The third kappa shape index (κ3) is 8.60. The Morgan fingerprint density at radius 1 is 0.920 bits per heavy atom. The van der Waals surface area contributed by atoms with Gasteiger partial charge >= 0.3 is 6.09 Å². The minimum atomic E-state index is -1.24. The number of carbonyl (C=O) groups excluding carboxylic acids is 1. The average molecular weight is 703 g/mol.